The van der Waals surface area contributed by atoms with Crippen LogP contribution in [0.3, 0.4) is 0 Å². The highest BCUT2D eigenvalue weighted by Crippen LogP contribution is 2.27. The van der Waals surface area contributed by atoms with Crippen LogP contribution in [0.5, 0.6) is 0 Å². The van der Waals surface area contributed by atoms with E-state index in [0.717, 1.165) is 12.3 Å². The van der Waals surface area contributed by atoms with Crippen LogP contribution in [-0.2, 0) is 0 Å². The third-order valence-corrected chi connectivity index (χ3v) is 2.98. The van der Waals surface area contributed by atoms with Gasteiger partial charge < -0.3 is 5.11 Å². The number of allylic oxidation sites excluding steroid dienone is 2. The van der Waals surface area contributed by atoms with Crippen molar-refractivity contribution in [3.05, 3.63) is 11.6 Å². The van der Waals surface area contributed by atoms with Crippen LogP contribution in [-0.4, -0.2) is 11.2 Å². The minimum atomic E-state index is -0.110. The van der Waals surface area contributed by atoms with Gasteiger partial charge in [0, 0.05) is 0 Å². The van der Waals surface area contributed by atoms with Crippen LogP contribution in [0.25, 0.3) is 0 Å². The van der Waals surface area contributed by atoms with Crippen LogP contribution in [0, 0.1) is 5.92 Å². The predicted octanol–water partition coefficient (Wildman–Crippen LogP) is 3.28. The molecule has 0 aliphatic heterocycles. The van der Waals surface area contributed by atoms with Crippen molar-refractivity contribution in [3.8, 4) is 0 Å². The quantitative estimate of drug-likeness (QED) is 0.661. The Morgan fingerprint density at radius 2 is 2.38 bits per heavy atom. The summed E-state index contributed by atoms with van der Waals surface area (Å²) in [5, 5.41) is 9.11. The monoisotopic (exact) mass is 182 g/mol. The normalized spacial score (nSPS) is 25.5. The summed E-state index contributed by atoms with van der Waals surface area (Å²) >= 11 is 0. The van der Waals surface area contributed by atoms with Crippen molar-refractivity contribution in [2.24, 2.45) is 5.92 Å². The second-order valence-electron chi connectivity index (χ2n) is 4.47. The van der Waals surface area contributed by atoms with E-state index in [9.17, 15) is 0 Å². The van der Waals surface area contributed by atoms with Gasteiger partial charge in [-0.15, -0.1) is 0 Å². The zero-order valence-corrected chi connectivity index (χ0v) is 8.92. The van der Waals surface area contributed by atoms with Gasteiger partial charge in [-0.05, 0) is 45.4 Å². The lowest BCUT2D eigenvalue weighted by atomic mass is 9.86. The lowest BCUT2D eigenvalue weighted by Crippen LogP contribution is -2.06. The Hall–Kier alpha value is -0.300. The van der Waals surface area contributed by atoms with Crippen LogP contribution in [0.2, 0.25) is 0 Å². The van der Waals surface area contributed by atoms with Crippen molar-refractivity contribution in [1.29, 1.82) is 0 Å². The van der Waals surface area contributed by atoms with Crippen molar-refractivity contribution in [1.82, 2.24) is 0 Å². The summed E-state index contributed by atoms with van der Waals surface area (Å²) in [7, 11) is 0. The number of hydrogen-bond donors (Lipinski definition) is 1. The highest BCUT2D eigenvalue weighted by atomic mass is 16.3. The highest BCUT2D eigenvalue weighted by Gasteiger charge is 2.12. The first-order valence-electron chi connectivity index (χ1n) is 5.52. The molecule has 1 aliphatic rings. The molecule has 0 aromatic heterocycles. The zero-order valence-electron chi connectivity index (χ0n) is 8.92. The van der Waals surface area contributed by atoms with Gasteiger partial charge in [0.15, 0.2) is 0 Å². The molecule has 2 atom stereocenters. The molecule has 0 aromatic carbocycles. The van der Waals surface area contributed by atoms with E-state index in [-0.39, 0.29) is 6.10 Å². The Kier molecular flexibility index (Phi) is 4.51. The molecule has 1 nitrogen and oxygen atoms in total. The van der Waals surface area contributed by atoms with E-state index in [4.69, 9.17) is 5.11 Å². The summed E-state index contributed by atoms with van der Waals surface area (Å²) in [6.07, 6.45) is 9.66. The molecule has 1 N–H and O–H groups in total. The van der Waals surface area contributed by atoms with Crippen LogP contribution < -0.4 is 0 Å². The Bertz CT molecular complexity index is 170. The van der Waals surface area contributed by atoms with Crippen molar-refractivity contribution in [3.63, 3.8) is 0 Å². The Balaban J connectivity index is 2.10. The standard InChI is InChI=1S/C12H22O/c1-10-6-8-12(9-7-10)5-3-4-11(2)13/h6,11-13H,3-5,7-9H2,1-2H3. The Labute approximate surface area is 81.9 Å². The first-order valence-corrected chi connectivity index (χ1v) is 5.52. The molecule has 0 heterocycles. The maximum Gasteiger partial charge on any atom is 0.0512 e. The van der Waals surface area contributed by atoms with Gasteiger partial charge in [0.25, 0.3) is 0 Å². The predicted molar refractivity (Wildman–Crippen MR) is 56.6 cm³/mol. The summed E-state index contributed by atoms with van der Waals surface area (Å²) in [5.41, 5.74) is 1.56. The summed E-state index contributed by atoms with van der Waals surface area (Å²) in [4.78, 5) is 0. The van der Waals surface area contributed by atoms with E-state index >= 15 is 0 Å². The first-order chi connectivity index (χ1) is 6.18. The van der Waals surface area contributed by atoms with Gasteiger partial charge in [0.2, 0.25) is 0 Å². The Morgan fingerprint density at radius 3 is 2.92 bits per heavy atom. The second kappa shape index (κ2) is 5.43. The fourth-order valence-electron chi connectivity index (χ4n) is 1.98. The molecule has 0 amide bonds. The molecule has 1 heteroatoms. The van der Waals surface area contributed by atoms with Crippen LogP contribution in [0.4, 0.5) is 0 Å². The topological polar surface area (TPSA) is 20.2 Å². The summed E-state index contributed by atoms with van der Waals surface area (Å²) in [5.74, 6) is 0.891. The largest absolute Gasteiger partial charge is 0.393 e. The lowest BCUT2D eigenvalue weighted by molar-refractivity contribution is 0.177. The smallest absolute Gasteiger partial charge is 0.0512 e. The zero-order chi connectivity index (χ0) is 9.68. The highest BCUT2D eigenvalue weighted by molar-refractivity contribution is 5.02. The van der Waals surface area contributed by atoms with Gasteiger partial charge >= 0.3 is 0 Å². The molecular weight excluding hydrogens is 160 g/mol. The van der Waals surface area contributed by atoms with Crippen molar-refractivity contribution in [2.75, 3.05) is 0 Å². The van der Waals surface area contributed by atoms with Gasteiger partial charge in [-0.25, -0.2) is 0 Å². The lowest BCUT2D eigenvalue weighted by Gasteiger charge is -2.20. The molecule has 0 aromatic rings. The maximum atomic E-state index is 9.11. The number of aliphatic hydroxyl groups is 1. The number of aliphatic hydroxyl groups excluding tert-OH is 1. The molecule has 1 aliphatic carbocycles. The van der Waals surface area contributed by atoms with E-state index < -0.39 is 0 Å². The van der Waals surface area contributed by atoms with Crippen molar-refractivity contribution in [2.45, 2.75) is 58.5 Å². The van der Waals surface area contributed by atoms with Gasteiger partial charge in [-0.2, -0.15) is 0 Å². The van der Waals surface area contributed by atoms with Crippen LogP contribution in [0.1, 0.15) is 52.4 Å². The molecule has 2 unspecified atom stereocenters. The summed E-state index contributed by atoms with van der Waals surface area (Å²) < 4.78 is 0. The van der Waals surface area contributed by atoms with Crippen molar-refractivity contribution >= 4 is 0 Å². The SMILES string of the molecule is CC1=CCC(CCCC(C)O)CC1. The fraction of sp³-hybridized carbons (Fsp3) is 0.833. The summed E-state index contributed by atoms with van der Waals surface area (Å²) in [6, 6.07) is 0. The molecule has 0 radical (unpaired) electrons. The average Bonchev–Trinajstić information content (AvgIpc) is 2.08. The molecule has 0 saturated heterocycles. The fourth-order valence-corrected chi connectivity index (χ4v) is 1.98. The third-order valence-electron chi connectivity index (χ3n) is 2.98. The van der Waals surface area contributed by atoms with E-state index in [2.05, 4.69) is 13.0 Å². The molecule has 0 bridgehead atoms. The van der Waals surface area contributed by atoms with E-state index in [1.807, 2.05) is 6.92 Å². The molecule has 1 rings (SSSR count). The molecule has 0 saturated carbocycles. The van der Waals surface area contributed by atoms with Gasteiger partial charge in [0.05, 0.1) is 6.10 Å². The minimum Gasteiger partial charge on any atom is -0.393 e. The average molecular weight is 182 g/mol. The molecule has 13 heavy (non-hydrogen) atoms. The first kappa shape index (κ1) is 10.8. The number of rotatable bonds is 4. The maximum absolute atomic E-state index is 9.11. The second-order valence-corrected chi connectivity index (χ2v) is 4.47. The summed E-state index contributed by atoms with van der Waals surface area (Å²) in [6.45, 7) is 4.11. The minimum absolute atomic E-state index is 0.110. The third kappa shape index (κ3) is 4.47. The van der Waals surface area contributed by atoms with E-state index in [0.29, 0.717) is 0 Å². The van der Waals surface area contributed by atoms with E-state index in [1.165, 1.54) is 32.1 Å². The van der Waals surface area contributed by atoms with Gasteiger partial charge in [-0.3, -0.25) is 0 Å². The van der Waals surface area contributed by atoms with Gasteiger partial charge in [0.1, 0.15) is 0 Å². The van der Waals surface area contributed by atoms with Crippen molar-refractivity contribution < 1.29 is 5.11 Å². The molecular formula is C12H22O. The molecule has 76 valence electrons. The Morgan fingerprint density at radius 1 is 1.62 bits per heavy atom. The van der Waals surface area contributed by atoms with Crippen LogP contribution in [0.15, 0.2) is 11.6 Å². The molecule has 0 spiro atoms. The number of hydrogen-bond acceptors (Lipinski definition) is 1. The van der Waals surface area contributed by atoms with Gasteiger partial charge in [-0.1, -0.05) is 24.5 Å². The van der Waals surface area contributed by atoms with E-state index in [1.54, 1.807) is 5.57 Å². The molecule has 0 fully saturated rings. The van der Waals surface area contributed by atoms with Crippen LogP contribution >= 0.6 is 0 Å².